The highest BCUT2D eigenvalue weighted by Gasteiger charge is 2.43. The van der Waals surface area contributed by atoms with E-state index in [1.54, 1.807) is 12.1 Å². The number of hydrogen-bond donors (Lipinski definition) is 1. The summed E-state index contributed by atoms with van der Waals surface area (Å²) >= 11 is 0. The molecule has 1 N–H and O–H groups in total. The summed E-state index contributed by atoms with van der Waals surface area (Å²) in [5, 5.41) is 11.3. The minimum Gasteiger partial charge on any atom is -0.384 e. The molecule has 0 amide bonds. The van der Waals surface area contributed by atoms with Gasteiger partial charge in [-0.3, -0.25) is 0 Å². The molecule has 0 aromatic heterocycles. The quantitative estimate of drug-likeness (QED) is 0.916. The molecule has 2 atom stereocenters. The Morgan fingerprint density at radius 3 is 2.48 bits per heavy atom. The van der Waals surface area contributed by atoms with Gasteiger partial charge in [0.15, 0.2) is 0 Å². The van der Waals surface area contributed by atoms with Crippen LogP contribution >= 0.6 is 0 Å². The van der Waals surface area contributed by atoms with Crippen LogP contribution in [0.3, 0.4) is 0 Å². The van der Waals surface area contributed by atoms with Crippen molar-refractivity contribution in [2.45, 2.75) is 17.9 Å². The van der Waals surface area contributed by atoms with Crippen LogP contribution in [-0.2, 0) is 5.60 Å². The van der Waals surface area contributed by atoms with Crippen molar-refractivity contribution in [2.24, 2.45) is 0 Å². The van der Waals surface area contributed by atoms with E-state index in [0.29, 0.717) is 18.5 Å². The second kappa shape index (κ2) is 5.58. The molecule has 2 aromatic carbocycles. The number of likely N-dealkylation sites (N-methyl/N-ethyl adjacent to an activating group) is 1. The van der Waals surface area contributed by atoms with Gasteiger partial charge in [0.1, 0.15) is 5.82 Å². The lowest BCUT2D eigenvalue weighted by Crippen LogP contribution is -2.47. The van der Waals surface area contributed by atoms with Gasteiger partial charge < -0.3 is 10.0 Å². The Morgan fingerprint density at radius 1 is 1.10 bits per heavy atom. The molecule has 1 aliphatic heterocycles. The van der Waals surface area contributed by atoms with Crippen LogP contribution in [0.2, 0.25) is 0 Å². The number of likely N-dealkylation sites (tertiary alicyclic amines) is 1. The fourth-order valence-corrected chi connectivity index (χ4v) is 3.28. The van der Waals surface area contributed by atoms with E-state index in [0.717, 1.165) is 12.1 Å². The van der Waals surface area contributed by atoms with Crippen LogP contribution in [-0.4, -0.2) is 30.1 Å². The molecular weight excluding hydrogens is 265 g/mol. The zero-order chi connectivity index (χ0) is 14.9. The Bertz CT molecular complexity index is 616. The van der Waals surface area contributed by atoms with Gasteiger partial charge in [0.25, 0.3) is 0 Å². The van der Waals surface area contributed by atoms with Crippen LogP contribution in [0.5, 0.6) is 0 Å². The van der Waals surface area contributed by atoms with Crippen molar-refractivity contribution in [2.75, 3.05) is 20.1 Å². The molecule has 0 spiro atoms. The summed E-state index contributed by atoms with van der Waals surface area (Å²) in [4.78, 5) is 2.15. The van der Waals surface area contributed by atoms with E-state index in [1.807, 2.05) is 43.4 Å². The smallest absolute Gasteiger partial charge is 0.126 e. The molecule has 2 aromatic rings. The van der Waals surface area contributed by atoms with Crippen LogP contribution in [0.1, 0.15) is 23.5 Å². The van der Waals surface area contributed by atoms with E-state index in [9.17, 15) is 9.50 Å². The SMILES string of the molecule is CN1CC[C@@](O)(c2ccccc2)[C@@H](c2ccccc2F)C1. The van der Waals surface area contributed by atoms with E-state index in [1.165, 1.54) is 6.07 Å². The van der Waals surface area contributed by atoms with Gasteiger partial charge in [0, 0.05) is 19.0 Å². The molecule has 3 rings (SSSR count). The molecule has 0 unspecified atom stereocenters. The third-order valence-corrected chi connectivity index (χ3v) is 4.50. The summed E-state index contributed by atoms with van der Waals surface area (Å²) in [5.74, 6) is -0.507. The molecule has 110 valence electrons. The van der Waals surface area contributed by atoms with Gasteiger partial charge in [-0.05, 0) is 30.7 Å². The Hall–Kier alpha value is -1.71. The maximum absolute atomic E-state index is 14.2. The van der Waals surface area contributed by atoms with E-state index in [4.69, 9.17) is 0 Å². The lowest BCUT2D eigenvalue weighted by atomic mass is 9.72. The van der Waals surface area contributed by atoms with Gasteiger partial charge in [0.2, 0.25) is 0 Å². The van der Waals surface area contributed by atoms with Crippen molar-refractivity contribution >= 4 is 0 Å². The Kier molecular flexibility index (Phi) is 3.79. The van der Waals surface area contributed by atoms with Crippen molar-refractivity contribution in [1.82, 2.24) is 4.90 Å². The predicted molar refractivity (Wildman–Crippen MR) is 81.6 cm³/mol. The first-order valence-electron chi connectivity index (χ1n) is 7.32. The number of piperidine rings is 1. The molecule has 1 fully saturated rings. The molecule has 0 saturated carbocycles. The normalized spacial score (nSPS) is 26.7. The summed E-state index contributed by atoms with van der Waals surface area (Å²) < 4.78 is 14.2. The van der Waals surface area contributed by atoms with Crippen molar-refractivity contribution in [3.8, 4) is 0 Å². The maximum atomic E-state index is 14.2. The number of benzene rings is 2. The van der Waals surface area contributed by atoms with Gasteiger partial charge in [0.05, 0.1) is 5.60 Å². The van der Waals surface area contributed by atoms with Crippen LogP contribution in [0.15, 0.2) is 54.6 Å². The average molecular weight is 285 g/mol. The van der Waals surface area contributed by atoms with E-state index < -0.39 is 5.60 Å². The molecule has 0 bridgehead atoms. The predicted octanol–water partition coefficient (Wildman–Crippen LogP) is 3.13. The summed E-state index contributed by atoms with van der Waals surface area (Å²) in [7, 11) is 2.01. The van der Waals surface area contributed by atoms with Crippen LogP contribution in [0.25, 0.3) is 0 Å². The maximum Gasteiger partial charge on any atom is 0.126 e. The van der Waals surface area contributed by atoms with E-state index in [-0.39, 0.29) is 11.7 Å². The first-order valence-corrected chi connectivity index (χ1v) is 7.32. The lowest BCUT2D eigenvalue weighted by molar-refractivity contribution is -0.0428. The number of halogens is 1. The molecular formula is C18H20FNO. The number of aliphatic hydroxyl groups is 1. The summed E-state index contributed by atoms with van der Waals surface area (Å²) in [6.07, 6.45) is 0.604. The van der Waals surface area contributed by atoms with Gasteiger partial charge in [-0.15, -0.1) is 0 Å². The van der Waals surface area contributed by atoms with Crippen LogP contribution in [0, 0.1) is 5.82 Å². The fraction of sp³-hybridized carbons (Fsp3) is 0.333. The van der Waals surface area contributed by atoms with Gasteiger partial charge in [-0.25, -0.2) is 4.39 Å². The highest BCUT2D eigenvalue weighted by atomic mass is 19.1. The average Bonchev–Trinajstić information content (AvgIpc) is 2.51. The highest BCUT2D eigenvalue weighted by molar-refractivity contribution is 5.33. The highest BCUT2D eigenvalue weighted by Crippen LogP contribution is 2.43. The minimum absolute atomic E-state index is 0.243. The van der Waals surface area contributed by atoms with Crippen molar-refractivity contribution in [3.63, 3.8) is 0 Å². The molecule has 21 heavy (non-hydrogen) atoms. The zero-order valence-electron chi connectivity index (χ0n) is 12.2. The van der Waals surface area contributed by atoms with E-state index >= 15 is 0 Å². The first kappa shape index (κ1) is 14.2. The summed E-state index contributed by atoms with van der Waals surface area (Å²) in [5.41, 5.74) is 0.442. The molecule has 1 aliphatic rings. The third-order valence-electron chi connectivity index (χ3n) is 4.50. The van der Waals surface area contributed by atoms with Crippen LogP contribution < -0.4 is 0 Å². The molecule has 0 aliphatic carbocycles. The Morgan fingerprint density at radius 2 is 1.76 bits per heavy atom. The number of nitrogens with zero attached hydrogens (tertiary/aromatic N) is 1. The second-order valence-electron chi connectivity index (χ2n) is 5.88. The molecule has 1 saturated heterocycles. The van der Waals surface area contributed by atoms with Crippen molar-refractivity contribution in [3.05, 3.63) is 71.5 Å². The summed E-state index contributed by atoms with van der Waals surface area (Å²) in [6, 6.07) is 16.4. The second-order valence-corrected chi connectivity index (χ2v) is 5.88. The largest absolute Gasteiger partial charge is 0.384 e. The van der Waals surface area contributed by atoms with Gasteiger partial charge in [-0.1, -0.05) is 48.5 Å². The van der Waals surface area contributed by atoms with Gasteiger partial charge >= 0.3 is 0 Å². The number of rotatable bonds is 2. The topological polar surface area (TPSA) is 23.5 Å². The lowest BCUT2D eigenvalue weighted by Gasteiger charge is -2.44. The standard InChI is InChI=1S/C18H20FNO/c1-20-12-11-18(21,14-7-3-2-4-8-14)16(13-20)15-9-5-6-10-17(15)19/h2-10,16,21H,11-13H2,1H3/t16-,18-/m1/s1. The van der Waals surface area contributed by atoms with Crippen molar-refractivity contribution in [1.29, 1.82) is 0 Å². The fourth-order valence-electron chi connectivity index (χ4n) is 3.28. The summed E-state index contributed by atoms with van der Waals surface area (Å²) in [6.45, 7) is 1.45. The zero-order valence-corrected chi connectivity index (χ0v) is 12.2. The molecule has 1 heterocycles. The first-order chi connectivity index (χ1) is 10.1. The monoisotopic (exact) mass is 285 g/mol. The molecule has 2 nitrogen and oxygen atoms in total. The molecule has 0 radical (unpaired) electrons. The Balaban J connectivity index is 2.07. The van der Waals surface area contributed by atoms with Crippen molar-refractivity contribution < 1.29 is 9.50 Å². The third kappa shape index (κ3) is 2.59. The van der Waals surface area contributed by atoms with E-state index in [2.05, 4.69) is 4.90 Å². The number of hydrogen-bond acceptors (Lipinski definition) is 2. The Labute approximate surface area is 124 Å². The minimum atomic E-state index is -1.02. The van der Waals surface area contributed by atoms with Crippen LogP contribution in [0.4, 0.5) is 4.39 Å². The van der Waals surface area contributed by atoms with Gasteiger partial charge in [-0.2, -0.15) is 0 Å². The molecule has 3 heteroatoms.